The Labute approximate surface area is 144 Å². The molecular weight excluding hydrogens is 373 g/mol. The Hall–Kier alpha value is -0.780. The number of anilines is 1. The van der Waals surface area contributed by atoms with Crippen LogP contribution in [0.5, 0.6) is 0 Å². The predicted octanol–water partition coefficient (Wildman–Crippen LogP) is 4.10. The van der Waals surface area contributed by atoms with Crippen molar-refractivity contribution in [2.24, 2.45) is 16.1 Å². The van der Waals surface area contributed by atoms with Crippen LogP contribution in [0.3, 0.4) is 0 Å². The van der Waals surface area contributed by atoms with Crippen molar-refractivity contribution < 1.29 is 0 Å². The number of aliphatic imine (C=N–C) groups is 1. The van der Waals surface area contributed by atoms with Crippen LogP contribution < -0.4 is 11.1 Å². The summed E-state index contributed by atoms with van der Waals surface area (Å²) < 4.78 is 0. The van der Waals surface area contributed by atoms with Gasteiger partial charge in [0.2, 0.25) is 0 Å². The number of nitrogens with zero attached hydrogens (tertiary/aromatic N) is 1. The Balaban J connectivity index is 0.00000161. The van der Waals surface area contributed by atoms with Crippen molar-refractivity contribution in [3.05, 3.63) is 29.3 Å². The van der Waals surface area contributed by atoms with Gasteiger partial charge in [-0.3, -0.25) is 4.99 Å². The standard InChI is InChI=1S/C17H25N3.HI/c1-2-17(9-4-10-17)12-19-16(18)20-15-8-7-13-5-3-6-14(13)11-15;/h7-8,11H,2-6,9-10,12H2,1H3,(H3,18,19,20);1H. The van der Waals surface area contributed by atoms with Gasteiger partial charge in [0.25, 0.3) is 0 Å². The molecule has 0 spiro atoms. The highest BCUT2D eigenvalue weighted by molar-refractivity contribution is 14.0. The molecule has 0 aromatic heterocycles. The first-order chi connectivity index (χ1) is 9.71. The molecule has 21 heavy (non-hydrogen) atoms. The lowest BCUT2D eigenvalue weighted by Gasteiger charge is -2.40. The van der Waals surface area contributed by atoms with Crippen molar-refractivity contribution in [1.82, 2.24) is 0 Å². The summed E-state index contributed by atoms with van der Waals surface area (Å²) in [5.74, 6) is 0.558. The number of rotatable bonds is 4. The second-order valence-corrected chi connectivity index (χ2v) is 6.37. The van der Waals surface area contributed by atoms with Crippen LogP contribution >= 0.6 is 24.0 Å². The number of guanidine groups is 1. The minimum Gasteiger partial charge on any atom is -0.370 e. The summed E-state index contributed by atoms with van der Waals surface area (Å²) in [5.41, 5.74) is 10.5. The van der Waals surface area contributed by atoms with E-state index < -0.39 is 0 Å². The highest BCUT2D eigenvalue weighted by Crippen LogP contribution is 2.43. The fraction of sp³-hybridized carbons (Fsp3) is 0.588. The average molecular weight is 399 g/mol. The van der Waals surface area contributed by atoms with Crippen molar-refractivity contribution in [3.8, 4) is 0 Å². The molecule has 0 amide bonds. The molecule has 4 heteroatoms. The van der Waals surface area contributed by atoms with Gasteiger partial charge in [-0.15, -0.1) is 24.0 Å². The van der Waals surface area contributed by atoms with Crippen LogP contribution in [0.2, 0.25) is 0 Å². The number of hydrogen-bond acceptors (Lipinski definition) is 1. The predicted molar refractivity (Wildman–Crippen MR) is 101 cm³/mol. The van der Waals surface area contributed by atoms with Crippen LogP contribution in [0.4, 0.5) is 5.69 Å². The Morgan fingerprint density at radius 1 is 1.24 bits per heavy atom. The summed E-state index contributed by atoms with van der Waals surface area (Å²) in [6, 6.07) is 6.56. The minimum absolute atomic E-state index is 0. The Morgan fingerprint density at radius 3 is 2.67 bits per heavy atom. The number of benzene rings is 1. The Morgan fingerprint density at radius 2 is 2.00 bits per heavy atom. The smallest absolute Gasteiger partial charge is 0.193 e. The molecule has 0 atom stereocenters. The summed E-state index contributed by atoms with van der Waals surface area (Å²) in [6.45, 7) is 3.13. The zero-order chi connectivity index (χ0) is 14.0. The van der Waals surface area contributed by atoms with Gasteiger partial charge in [0, 0.05) is 12.2 Å². The third-order valence-electron chi connectivity index (χ3n) is 5.12. The van der Waals surface area contributed by atoms with Gasteiger partial charge in [-0.1, -0.05) is 19.4 Å². The summed E-state index contributed by atoms with van der Waals surface area (Å²) in [4.78, 5) is 4.56. The van der Waals surface area contributed by atoms with E-state index in [1.54, 1.807) is 0 Å². The zero-order valence-electron chi connectivity index (χ0n) is 12.8. The fourth-order valence-corrected chi connectivity index (χ4v) is 3.39. The van der Waals surface area contributed by atoms with Gasteiger partial charge in [-0.25, -0.2) is 0 Å². The monoisotopic (exact) mass is 399 g/mol. The van der Waals surface area contributed by atoms with E-state index >= 15 is 0 Å². The van der Waals surface area contributed by atoms with Gasteiger partial charge in [-0.05, 0) is 67.2 Å². The first kappa shape index (κ1) is 16.6. The molecular formula is C17H26IN3. The maximum atomic E-state index is 6.03. The van der Waals surface area contributed by atoms with E-state index in [2.05, 4.69) is 35.4 Å². The lowest BCUT2D eigenvalue weighted by atomic mass is 9.67. The highest BCUT2D eigenvalue weighted by Gasteiger charge is 2.34. The second-order valence-electron chi connectivity index (χ2n) is 6.37. The van der Waals surface area contributed by atoms with Gasteiger partial charge >= 0.3 is 0 Å². The molecule has 3 N–H and O–H groups in total. The minimum atomic E-state index is 0. The van der Waals surface area contributed by atoms with Crippen molar-refractivity contribution >= 4 is 35.6 Å². The van der Waals surface area contributed by atoms with Gasteiger partial charge in [0.15, 0.2) is 5.96 Å². The third kappa shape index (κ3) is 3.71. The van der Waals surface area contributed by atoms with Crippen LogP contribution in [0, 0.1) is 5.41 Å². The molecule has 2 aliphatic rings. The zero-order valence-corrected chi connectivity index (χ0v) is 15.2. The Bertz CT molecular complexity index is 515. The molecule has 0 bridgehead atoms. The number of halogens is 1. The molecule has 0 unspecified atom stereocenters. The molecule has 0 radical (unpaired) electrons. The van der Waals surface area contributed by atoms with E-state index in [4.69, 9.17) is 5.73 Å². The van der Waals surface area contributed by atoms with E-state index in [-0.39, 0.29) is 24.0 Å². The van der Waals surface area contributed by atoms with E-state index in [0.29, 0.717) is 11.4 Å². The number of aryl methyl sites for hydroxylation is 2. The average Bonchev–Trinajstić information content (AvgIpc) is 2.85. The molecule has 0 aliphatic heterocycles. The summed E-state index contributed by atoms with van der Waals surface area (Å²) >= 11 is 0. The molecule has 3 rings (SSSR count). The van der Waals surface area contributed by atoms with Crippen LogP contribution in [0.15, 0.2) is 23.2 Å². The lowest BCUT2D eigenvalue weighted by molar-refractivity contribution is 0.139. The number of nitrogens with two attached hydrogens (primary N) is 1. The van der Waals surface area contributed by atoms with E-state index in [1.807, 2.05) is 0 Å². The van der Waals surface area contributed by atoms with Crippen molar-refractivity contribution in [2.45, 2.75) is 51.9 Å². The fourth-order valence-electron chi connectivity index (χ4n) is 3.39. The highest BCUT2D eigenvalue weighted by atomic mass is 127. The maximum absolute atomic E-state index is 6.03. The molecule has 1 fully saturated rings. The number of hydrogen-bond donors (Lipinski definition) is 2. The van der Waals surface area contributed by atoms with Gasteiger partial charge < -0.3 is 11.1 Å². The van der Waals surface area contributed by atoms with Crippen molar-refractivity contribution in [2.75, 3.05) is 11.9 Å². The molecule has 0 saturated heterocycles. The topological polar surface area (TPSA) is 50.4 Å². The van der Waals surface area contributed by atoms with Crippen LogP contribution in [-0.2, 0) is 12.8 Å². The van der Waals surface area contributed by atoms with Gasteiger partial charge in [-0.2, -0.15) is 0 Å². The first-order valence-corrected chi connectivity index (χ1v) is 7.89. The van der Waals surface area contributed by atoms with Gasteiger partial charge in [0.1, 0.15) is 0 Å². The normalized spacial score (nSPS) is 19.4. The summed E-state index contributed by atoms with van der Waals surface area (Å²) in [7, 11) is 0. The molecule has 3 nitrogen and oxygen atoms in total. The van der Waals surface area contributed by atoms with Crippen LogP contribution in [0.1, 0.15) is 50.2 Å². The van der Waals surface area contributed by atoms with Crippen LogP contribution in [-0.4, -0.2) is 12.5 Å². The molecule has 1 aromatic carbocycles. The maximum Gasteiger partial charge on any atom is 0.193 e. The van der Waals surface area contributed by atoms with Crippen LogP contribution in [0.25, 0.3) is 0 Å². The van der Waals surface area contributed by atoms with Crippen molar-refractivity contribution in [1.29, 1.82) is 0 Å². The summed E-state index contributed by atoms with van der Waals surface area (Å²) in [5, 5.41) is 3.24. The molecule has 1 saturated carbocycles. The first-order valence-electron chi connectivity index (χ1n) is 7.89. The van der Waals surface area contributed by atoms with Gasteiger partial charge in [0.05, 0.1) is 0 Å². The second kappa shape index (κ2) is 6.99. The number of fused-ring (bicyclic) bond motifs is 1. The number of nitrogens with one attached hydrogen (secondary N) is 1. The van der Waals surface area contributed by atoms with E-state index in [0.717, 1.165) is 12.2 Å². The van der Waals surface area contributed by atoms with E-state index in [1.165, 1.54) is 56.1 Å². The summed E-state index contributed by atoms with van der Waals surface area (Å²) in [6.07, 6.45) is 8.86. The van der Waals surface area contributed by atoms with E-state index in [9.17, 15) is 0 Å². The third-order valence-corrected chi connectivity index (χ3v) is 5.12. The largest absolute Gasteiger partial charge is 0.370 e. The Kier molecular flexibility index (Phi) is 5.52. The molecule has 1 aromatic rings. The quantitative estimate of drug-likeness (QED) is 0.455. The molecule has 2 aliphatic carbocycles. The van der Waals surface area contributed by atoms with Crippen molar-refractivity contribution in [3.63, 3.8) is 0 Å². The molecule has 0 heterocycles. The lowest BCUT2D eigenvalue weighted by Crippen LogP contribution is -2.33. The molecule has 116 valence electrons. The SMILES string of the molecule is CCC1(CN=C(N)Nc2ccc3c(c2)CCC3)CCC1.I.